The van der Waals surface area contributed by atoms with Crippen LogP contribution in [0.25, 0.3) is 0 Å². The largest absolute Gasteiger partial charge is 0.343 e. The summed E-state index contributed by atoms with van der Waals surface area (Å²) in [4.78, 5) is 16.0. The lowest BCUT2D eigenvalue weighted by atomic mass is 10.2. The second kappa shape index (κ2) is 7.89. The van der Waals surface area contributed by atoms with Crippen molar-refractivity contribution < 1.29 is 9.18 Å². The number of halogens is 1. The van der Waals surface area contributed by atoms with Gasteiger partial charge < -0.3 is 9.88 Å². The van der Waals surface area contributed by atoms with Gasteiger partial charge >= 0.3 is 0 Å². The molecule has 0 bridgehead atoms. The van der Waals surface area contributed by atoms with Crippen LogP contribution < -0.4 is 5.32 Å². The Bertz CT molecular complexity index is 851. The van der Waals surface area contributed by atoms with E-state index in [0.29, 0.717) is 17.3 Å². The number of hydrogen-bond acceptors (Lipinski definition) is 5. The molecule has 0 aliphatic rings. The van der Waals surface area contributed by atoms with Crippen LogP contribution in [-0.4, -0.2) is 25.7 Å². The molecule has 3 rings (SSSR count). The standard InChI is InChI=1S/C17H16FN5OS/c1-23-15(10-20-16(24)14-4-2-3-9-19-14)21-22-17(23)25-11-12-5-7-13(18)8-6-12/h2-9H,10-11H2,1H3,(H,20,24). The molecule has 0 saturated heterocycles. The molecular formula is C17H16FN5OS. The zero-order valence-corrected chi connectivity index (χ0v) is 14.3. The van der Waals surface area contributed by atoms with Gasteiger partial charge in [-0.15, -0.1) is 10.2 Å². The Labute approximate surface area is 148 Å². The number of rotatable bonds is 6. The molecule has 0 spiro atoms. The van der Waals surface area contributed by atoms with Crippen LogP contribution in [0.1, 0.15) is 21.9 Å². The smallest absolute Gasteiger partial charge is 0.270 e. The van der Waals surface area contributed by atoms with E-state index in [0.717, 1.165) is 10.7 Å². The molecule has 25 heavy (non-hydrogen) atoms. The monoisotopic (exact) mass is 357 g/mol. The molecule has 8 heteroatoms. The Hall–Kier alpha value is -2.74. The molecule has 6 nitrogen and oxygen atoms in total. The highest BCUT2D eigenvalue weighted by atomic mass is 32.2. The number of nitrogens with one attached hydrogen (secondary N) is 1. The van der Waals surface area contributed by atoms with Gasteiger partial charge in [0.05, 0.1) is 6.54 Å². The average Bonchev–Trinajstić information content (AvgIpc) is 3.00. The molecule has 0 atom stereocenters. The maximum absolute atomic E-state index is 12.9. The van der Waals surface area contributed by atoms with Crippen LogP contribution in [0, 0.1) is 5.82 Å². The van der Waals surface area contributed by atoms with Crippen molar-refractivity contribution in [3.8, 4) is 0 Å². The number of hydrogen-bond donors (Lipinski definition) is 1. The zero-order valence-electron chi connectivity index (χ0n) is 13.5. The molecule has 2 aromatic heterocycles. The lowest BCUT2D eigenvalue weighted by molar-refractivity contribution is 0.0944. The summed E-state index contributed by atoms with van der Waals surface area (Å²) in [5.41, 5.74) is 1.36. The van der Waals surface area contributed by atoms with E-state index in [-0.39, 0.29) is 18.3 Å². The number of amides is 1. The fourth-order valence-electron chi connectivity index (χ4n) is 2.10. The minimum Gasteiger partial charge on any atom is -0.343 e. The number of nitrogens with zero attached hydrogens (tertiary/aromatic N) is 4. The van der Waals surface area contributed by atoms with Crippen LogP contribution in [0.4, 0.5) is 4.39 Å². The molecule has 2 heterocycles. The lowest BCUT2D eigenvalue weighted by Gasteiger charge is -2.06. The van der Waals surface area contributed by atoms with Crippen molar-refractivity contribution in [2.45, 2.75) is 17.5 Å². The van der Waals surface area contributed by atoms with Crippen molar-refractivity contribution in [3.63, 3.8) is 0 Å². The molecule has 0 saturated carbocycles. The van der Waals surface area contributed by atoms with Gasteiger partial charge in [-0.2, -0.15) is 0 Å². The normalized spacial score (nSPS) is 10.6. The van der Waals surface area contributed by atoms with Gasteiger partial charge in [0.2, 0.25) is 0 Å². The van der Waals surface area contributed by atoms with Crippen LogP contribution >= 0.6 is 11.8 Å². The Morgan fingerprint density at radius 1 is 1.20 bits per heavy atom. The van der Waals surface area contributed by atoms with Crippen LogP contribution in [0.5, 0.6) is 0 Å². The quantitative estimate of drug-likeness (QED) is 0.687. The van der Waals surface area contributed by atoms with E-state index in [4.69, 9.17) is 0 Å². The third-order valence-corrected chi connectivity index (χ3v) is 4.60. The van der Waals surface area contributed by atoms with Crippen molar-refractivity contribution >= 4 is 17.7 Å². The van der Waals surface area contributed by atoms with E-state index in [9.17, 15) is 9.18 Å². The Morgan fingerprint density at radius 3 is 2.72 bits per heavy atom. The lowest BCUT2D eigenvalue weighted by Crippen LogP contribution is -2.25. The number of carbonyl (C=O) groups is 1. The van der Waals surface area contributed by atoms with E-state index in [1.165, 1.54) is 23.9 Å². The summed E-state index contributed by atoms with van der Waals surface area (Å²) in [6.45, 7) is 0.260. The van der Waals surface area contributed by atoms with E-state index in [2.05, 4.69) is 20.5 Å². The summed E-state index contributed by atoms with van der Waals surface area (Å²) in [6, 6.07) is 11.5. The Balaban J connectivity index is 1.57. The Kier molecular flexibility index (Phi) is 5.39. The van der Waals surface area contributed by atoms with Crippen molar-refractivity contribution in [2.24, 2.45) is 7.05 Å². The first kappa shape index (κ1) is 17.1. The third-order valence-electron chi connectivity index (χ3n) is 3.51. The molecule has 0 fully saturated rings. The summed E-state index contributed by atoms with van der Waals surface area (Å²) in [7, 11) is 1.84. The molecule has 1 amide bonds. The minimum absolute atomic E-state index is 0.252. The summed E-state index contributed by atoms with van der Waals surface area (Å²) >= 11 is 1.50. The summed E-state index contributed by atoms with van der Waals surface area (Å²) in [5.74, 6) is 0.792. The molecule has 3 aromatic rings. The van der Waals surface area contributed by atoms with Gasteiger partial charge in [-0.1, -0.05) is 30.0 Å². The zero-order chi connectivity index (χ0) is 17.6. The molecule has 128 valence electrons. The number of carbonyl (C=O) groups excluding carboxylic acids is 1. The van der Waals surface area contributed by atoms with E-state index < -0.39 is 0 Å². The van der Waals surface area contributed by atoms with Gasteiger partial charge in [-0.05, 0) is 29.8 Å². The molecule has 1 aromatic carbocycles. The summed E-state index contributed by atoms with van der Waals surface area (Å²) < 4.78 is 14.7. The van der Waals surface area contributed by atoms with E-state index in [1.54, 1.807) is 36.5 Å². The maximum atomic E-state index is 12.9. The van der Waals surface area contributed by atoms with Gasteiger partial charge in [0, 0.05) is 19.0 Å². The fourth-order valence-corrected chi connectivity index (χ4v) is 2.99. The first-order valence-corrected chi connectivity index (χ1v) is 8.57. The highest BCUT2D eigenvalue weighted by Gasteiger charge is 2.12. The van der Waals surface area contributed by atoms with Gasteiger partial charge in [0.25, 0.3) is 5.91 Å². The molecule has 0 radical (unpaired) electrons. The van der Waals surface area contributed by atoms with Crippen LogP contribution in [0.2, 0.25) is 0 Å². The molecule has 1 N–H and O–H groups in total. The first-order valence-electron chi connectivity index (χ1n) is 7.58. The van der Waals surface area contributed by atoms with Crippen LogP contribution in [-0.2, 0) is 19.3 Å². The molecule has 0 aliphatic carbocycles. The van der Waals surface area contributed by atoms with Crippen molar-refractivity contribution in [2.75, 3.05) is 0 Å². The van der Waals surface area contributed by atoms with E-state index in [1.807, 2.05) is 11.6 Å². The first-order chi connectivity index (χ1) is 12.1. The highest BCUT2D eigenvalue weighted by molar-refractivity contribution is 7.98. The van der Waals surface area contributed by atoms with Crippen molar-refractivity contribution in [1.29, 1.82) is 0 Å². The summed E-state index contributed by atoms with van der Waals surface area (Å²) in [5, 5.41) is 11.7. The van der Waals surface area contributed by atoms with Gasteiger partial charge in [-0.25, -0.2) is 4.39 Å². The second-order valence-corrected chi connectivity index (χ2v) is 6.21. The number of pyridine rings is 1. The topological polar surface area (TPSA) is 72.7 Å². The maximum Gasteiger partial charge on any atom is 0.270 e. The van der Waals surface area contributed by atoms with Crippen molar-refractivity contribution in [3.05, 3.63) is 71.6 Å². The number of aromatic nitrogens is 4. The van der Waals surface area contributed by atoms with Gasteiger partial charge in [0.15, 0.2) is 11.0 Å². The summed E-state index contributed by atoms with van der Waals surface area (Å²) in [6.07, 6.45) is 1.57. The average molecular weight is 357 g/mol. The third kappa shape index (κ3) is 4.42. The predicted octanol–water partition coefficient (Wildman–Crippen LogP) is 2.57. The van der Waals surface area contributed by atoms with Gasteiger partial charge in [0.1, 0.15) is 11.5 Å². The second-order valence-electron chi connectivity index (χ2n) is 5.27. The number of benzene rings is 1. The van der Waals surface area contributed by atoms with Gasteiger partial charge in [-0.3, -0.25) is 9.78 Å². The number of thioether (sulfide) groups is 1. The molecule has 0 unspecified atom stereocenters. The minimum atomic E-state index is -0.260. The highest BCUT2D eigenvalue weighted by Crippen LogP contribution is 2.21. The molecular weight excluding hydrogens is 341 g/mol. The fraction of sp³-hybridized carbons (Fsp3) is 0.176. The van der Waals surface area contributed by atoms with Crippen LogP contribution in [0.15, 0.2) is 53.8 Å². The SMILES string of the molecule is Cn1c(CNC(=O)c2ccccn2)nnc1SCc1ccc(F)cc1. The molecule has 0 aliphatic heterocycles. The van der Waals surface area contributed by atoms with Crippen molar-refractivity contribution in [1.82, 2.24) is 25.1 Å². The Morgan fingerprint density at radius 2 is 2.00 bits per heavy atom. The van der Waals surface area contributed by atoms with Crippen LogP contribution in [0.3, 0.4) is 0 Å². The predicted molar refractivity (Wildman–Crippen MR) is 92.4 cm³/mol. The van der Waals surface area contributed by atoms with E-state index >= 15 is 0 Å².